The van der Waals surface area contributed by atoms with Crippen LogP contribution in [0.3, 0.4) is 0 Å². The molecule has 0 bridgehead atoms. The van der Waals surface area contributed by atoms with E-state index in [0.29, 0.717) is 0 Å². The molecular weight excluding hydrogens is 761 g/mol. The predicted molar refractivity (Wildman–Crippen MR) is 279 cm³/mol. The number of hydrogen-bond donors (Lipinski definition) is 0. The van der Waals surface area contributed by atoms with Crippen LogP contribution < -0.4 is 0 Å². The Labute approximate surface area is 379 Å². The van der Waals surface area contributed by atoms with E-state index in [9.17, 15) is 0 Å². The van der Waals surface area contributed by atoms with E-state index in [-0.39, 0.29) is 0 Å². The van der Waals surface area contributed by atoms with Gasteiger partial charge in [0, 0.05) is 10.8 Å². The zero-order valence-electron chi connectivity index (χ0n) is 43.4. The summed E-state index contributed by atoms with van der Waals surface area (Å²) in [7, 11) is 0. The SMILES string of the molecule is Cc1c(C)c(C)c(-c2c(C)c(C)c(-c3c4c(C)c(C)c(C)c(C)c4c(-c4c(C)c(C)c(C)c5oc6c(C)c(C)c(C)c(C)c6c45)c4c(C)c(C)c(C)c(C)c34)c(C)c2C)c(C)c1C. The van der Waals surface area contributed by atoms with Gasteiger partial charge in [0.05, 0.1) is 0 Å². The molecule has 0 unspecified atom stereocenters. The molecule has 0 atom stereocenters. The molecule has 0 aliphatic carbocycles. The van der Waals surface area contributed by atoms with Crippen molar-refractivity contribution < 1.29 is 4.42 Å². The average molecular weight is 833 g/mol. The summed E-state index contributed by atoms with van der Waals surface area (Å²) in [5, 5.41) is 8.11. The molecule has 63 heavy (non-hydrogen) atoms. The minimum absolute atomic E-state index is 1.03. The topological polar surface area (TPSA) is 13.1 Å². The van der Waals surface area contributed by atoms with Crippen LogP contribution in [0.15, 0.2) is 4.42 Å². The Kier molecular flexibility index (Phi) is 10.4. The van der Waals surface area contributed by atoms with Crippen LogP contribution in [0.2, 0.25) is 0 Å². The molecule has 1 aromatic heterocycles. The van der Waals surface area contributed by atoms with Gasteiger partial charge in [-0.05, 0) is 355 Å². The van der Waals surface area contributed by atoms with Crippen molar-refractivity contribution >= 4 is 43.5 Å². The summed E-state index contributed by atoms with van der Waals surface area (Å²) in [6.07, 6.45) is 0. The molecule has 8 rings (SSSR count). The van der Waals surface area contributed by atoms with Crippen molar-refractivity contribution in [3.63, 3.8) is 0 Å². The molecule has 0 spiro atoms. The van der Waals surface area contributed by atoms with Crippen molar-refractivity contribution in [2.24, 2.45) is 0 Å². The standard InChI is InChI=1S/C62H72O/c1-25-26(2)35(11)49(36(12)27(25)3)50-43(19)45(21)51(46(22)44(50)20)58-52-37(13)28(4)30(6)39(15)54(52)59(55-40(16)31(7)29(5)38(14)53(55)58)56-41(17)34(10)48(24)62-60(56)57-42(18)32(8)33(9)47(23)61(57)63-62/h1-24H3. The van der Waals surface area contributed by atoms with Crippen LogP contribution in [0.4, 0.5) is 0 Å². The van der Waals surface area contributed by atoms with Gasteiger partial charge in [-0.1, -0.05) is 0 Å². The normalized spacial score (nSPS) is 12.1. The van der Waals surface area contributed by atoms with Crippen LogP contribution in [0.1, 0.15) is 134 Å². The zero-order chi connectivity index (χ0) is 46.6. The van der Waals surface area contributed by atoms with E-state index in [1.807, 2.05) is 0 Å². The number of hydrogen-bond acceptors (Lipinski definition) is 1. The molecule has 0 aliphatic rings. The van der Waals surface area contributed by atoms with E-state index in [0.717, 1.165) is 11.2 Å². The van der Waals surface area contributed by atoms with Crippen LogP contribution in [0.5, 0.6) is 0 Å². The first-order valence-electron chi connectivity index (χ1n) is 23.4. The molecular formula is C62H72O. The third-order valence-corrected chi connectivity index (χ3v) is 18.2. The van der Waals surface area contributed by atoms with Crippen LogP contribution in [0, 0.1) is 166 Å². The Bertz CT molecular complexity index is 3300. The maximum atomic E-state index is 7.18. The predicted octanol–water partition coefficient (Wildman–Crippen LogP) is 18.3. The van der Waals surface area contributed by atoms with Crippen molar-refractivity contribution in [2.75, 3.05) is 0 Å². The molecule has 1 heterocycles. The molecule has 1 nitrogen and oxygen atoms in total. The fourth-order valence-corrected chi connectivity index (χ4v) is 12.2. The summed E-state index contributed by atoms with van der Waals surface area (Å²) in [5.74, 6) is 0. The maximum absolute atomic E-state index is 7.18. The number of aryl methyl sites for hydroxylation is 7. The van der Waals surface area contributed by atoms with Crippen LogP contribution in [0.25, 0.3) is 76.9 Å². The quantitative estimate of drug-likeness (QED) is 0.162. The number of rotatable bonds is 3. The molecule has 0 N–H and O–H groups in total. The van der Waals surface area contributed by atoms with E-state index in [1.165, 1.54) is 199 Å². The van der Waals surface area contributed by atoms with Gasteiger partial charge in [0.1, 0.15) is 11.2 Å². The lowest BCUT2D eigenvalue weighted by Crippen LogP contribution is -2.08. The third kappa shape index (κ3) is 5.60. The van der Waals surface area contributed by atoms with Gasteiger partial charge in [-0.3, -0.25) is 0 Å². The second kappa shape index (κ2) is 14.7. The zero-order valence-corrected chi connectivity index (χ0v) is 43.4. The third-order valence-electron chi connectivity index (χ3n) is 18.2. The van der Waals surface area contributed by atoms with E-state index >= 15 is 0 Å². The Morgan fingerprint density at radius 2 is 0.333 bits per heavy atom. The Hall–Kier alpha value is -5.14. The summed E-state index contributed by atoms with van der Waals surface area (Å²) in [4.78, 5) is 0. The first-order valence-corrected chi connectivity index (χ1v) is 23.4. The second-order valence-corrected chi connectivity index (χ2v) is 20.3. The average Bonchev–Trinajstić information content (AvgIpc) is 3.66. The van der Waals surface area contributed by atoms with Crippen LogP contribution >= 0.6 is 0 Å². The molecule has 0 saturated carbocycles. The van der Waals surface area contributed by atoms with Gasteiger partial charge in [-0.15, -0.1) is 0 Å². The highest BCUT2D eigenvalue weighted by Gasteiger charge is 2.32. The first-order chi connectivity index (χ1) is 29.3. The first kappa shape index (κ1) is 44.5. The molecule has 0 aliphatic heterocycles. The molecule has 0 saturated heterocycles. The highest BCUT2D eigenvalue weighted by atomic mass is 16.3. The fourth-order valence-electron chi connectivity index (χ4n) is 12.2. The van der Waals surface area contributed by atoms with Gasteiger partial charge in [0.2, 0.25) is 0 Å². The molecule has 0 fully saturated rings. The Balaban J connectivity index is 1.73. The fraction of sp³-hybridized carbons (Fsp3) is 0.387. The maximum Gasteiger partial charge on any atom is 0.139 e. The lowest BCUT2D eigenvalue weighted by Gasteiger charge is -2.31. The highest BCUT2D eigenvalue weighted by Crippen LogP contribution is 2.56. The molecule has 0 amide bonds. The summed E-state index contributed by atoms with van der Waals surface area (Å²) in [5.41, 5.74) is 43.1. The van der Waals surface area contributed by atoms with Crippen molar-refractivity contribution in [3.8, 4) is 33.4 Å². The summed E-state index contributed by atoms with van der Waals surface area (Å²) in [6.45, 7) is 56.4. The lowest BCUT2D eigenvalue weighted by molar-refractivity contribution is 0.661. The molecule has 0 radical (unpaired) electrons. The minimum atomic E-state index is 1.03. The second-order valence-electron chi connectivity index (χ2n) is 20.3. The number of furan rings is 1. The summed E-state index contributed by atoms with van der Waals surface area (Å²) < 4.78 is 7.18. The summed E-state index contributed by atoms with van der Waals surface area (Å²) in [6, 6.07) is 0. The Morgan fingerprint density at radius 1 is 0.143 bits per heavy atom. The summed E-state index contributed by atoms with van der Waals surface area (Å²) >= 11 is 0. The van der Waals surface area contributed by atoms with Crippen LogP contribution in [-0.4, -0.2) is 0 Å². The van der Waals surface area contributed by atoms with Crippen molar-refractivity contribution in [1.82, 2.24) is 0 Å². The van der Waals surface area contributed by atoms with E-state index in [2.05, 4.69) is 166 Å². The lowest BCUT2D eigenvalue weighted by atomic mass is 9.72. The molecule has 326 valence electrons. The highest BCUT2D eigenvalue weighted by molar-refractivity contribution is 6.30. The van der Waals surface area contributed by atoms with Gasteiger partial charge >= 0.3 is 0 Å². The smallest absolute Gasteiger partial charge is 0.139 e. The number of fused-ring (bicyclic) bond motifs is 5. The molecule has 8 aromatic rings. The van der Waals surface area contributed by atoms with Gasteiger partial charge in [-0.25, -0.2) is 0 Å². The Morgan fingerprint density at radius 3 is 0.683 bits per heavy atom. The molecule has 7 aromatic carbocycles. The van der Waals surface area contributed by atoms with Crippen molar-refractivity contribution in [3.05, 3.63) is 134 Å². The largest absolute Gasteiger partial charge is 0.455 e. The van der Waals surface area contributed by atoms with Crippen LogP contribution in [-0.2, 0) is 0 Å². The monoisotopic (exact) mass is 833 g/mol. The molecule has 1 heteroatoms. The van der Waals surface area contributed by atoms with Crippen molar-refractivity contribution in [1.29, 1.82) is 0 Å². The van der Waals surface area contributed by atoms with Crippen molar-refractivity contribution in [2.45, 2.75) is 166 Å². The van der Waals surface area contributed by atoms with E-state index in [1.54, 1.807) is 0 Å². The minimum Gasteiger partial charge on any atom is -0.455 e. The van der Waals surface area contributed by atoms with Gasteiger partial charge in [-0.2, -0.15) is 0 Å². The van der Waals surface area contributed by atoms with E-state index in [4.69, 9.17) is 4.42 Å². The van der Waals surface area contributed by atoms with Gasteiger partial charge < -0.3 is 4.42 Å². The van der Waals surface area contributed by atoms with Gasteiger partial charge in [0.15, 0.2) is 0 Å². The van der Waals surface area contributed by atoms with E-state index < -0.39 is 0 Å². The number of benzene rings is 7. The van der Waals surface area contributed by atoms with Gasteiger partial charge in [0.25, 0.3) is 0 Å².